The molecule has 0 spiro atoms. The van der Waals surface area contributed by atoms with Gasteiger partial charge < -0.3 is 4.57 Å². The predicted octanol–water partition coefficient (Wildman–Crippen LogP) is 5.14. The summed E-state index contributed by atoms with van der Waals surface area (Å²) in [5.41, 5.74) is 6.73. The van der Waals surface area contributed by atoms with Crippen LogP contribution in [0.4, 0.5) is 0 Å². The maximum absolute atomic E-state index is 2.40. The van der Waals surface area contributed by atoms with E-state index in [0.717, 1.165) is 6.42 Å². The minimum Gasteiger partial charge on any atom is -0.310 e. The number of fused-ring (bicyclic) bond motifs is 3. The molecule has 0 aliphatic heterocycles. The van der Waals surface area contributed by atoms with Crippen molar-refractivity contribution in [3.05, 3.63) is 71.4 Å². The van der Waals surface area contributed by atoms with Gasteiger partial charge in [0.2, 0.25) is 0 Å². The topological polar surface area (TPSA) is 4.93 Å². The monoisotopic (exact) mass is 273 g/mol. The molecule has 0 saturated heterocycles. The van der Waals surface area contributed by atoms with Gasteiger partial charge in [0, 0.05) is 16.8 Å². The Morgan fingerprint density at radius 3 is 2.67 bits per heavy atom. The molecule has 1 unspecified atom stereocenters. The first kappa shape index (κ1) is 12.5. The van der Waals surface area contributed by atoms with E-state index in [9.17, 15) is 0 Å². The summed E-state index contributed by atoms with van der Waals surface area (Å²) in [4.78, 5) is 0. The number of aryl methyl sites for hydroxylation is 1. The first-order valence-corrected chi connectivity index (χ1v) is 7.61. The van der Waals surface area contributed by atoms with Crippen LogP contribution in [0.1, 0.15) is 23.7 Å². The Hall–Kier alpha value is -2.28. The third-order valence-electron chi connectivity index (χ3n) is 4.39. The van der Waals surface area contributed by atoms with Gasteiger partial charge in [-0.3, -0.25) is 0 Å². The Morgan fingerprint density at radius 2 is 1.86 bits per heavy atom. The van der Waals surface area contributed by atoms with Crippen molar-refractivity contribution in [2.45, 2.75) is 20.3 Å². The lowest BCUT2D eigenvalue weighted by atomic mass is 9.93. The van der Waals surface area contributed by atoms with Gasteiger partial charge in [0.25, 0.3) is 0 Å². The molecule has 104 valence electrons. The molecule has 4 rings (SSSR count). The van der Waals surface area contributed by atoms with Gasteiger partial charge in [-0.05, 0) is 55.2 Å². The van der Waals surface area contributed by atoms with Gasteiger partial charge in [0.05, 0.1) is 5.52 Å². The number of aromatic nitrogens is 1. The summed E-state index contributed by atoms with van der Waals surface area (Å²) in [5.74, 6) is 0.618. The Morgan fingerprint density at radius 1 is 1.05 bits per heavy atom. The summed E-state index contributed by atoms with van der Waals surface area (Å²) < 4.78 is 2.40. The summed E-state index contributed by atoms with van der Waals surface area (Å²) in [7, 11) is 0. The Kier molecular flexibility index (Phi) is 2.75. The summed E-state index contributed by atoms with van der Waals surface area (Å²) in [6.07, 6.45) is 5.75. The van der Waals surface area contributed by atoms with Gasteiger partial charge in [0.15, 0.2) is 0 Å². The lowest BCUT2D eigenvalue weighted by Crippen LogP contribution is -2.05. The van der Waals surface area contributed by atoms with E-state index in [-0.39, 0.29) is 0 Å². The molecule has 1 atom stereocenters. The van der Waals surface area contributed by atoms with Crippen LogP contribution in [0.5, 0.6) is 0 Å². The van der Waals surface area contributed by atoms with Crippen molar-refractivity contribution < 1.29 is 0 Å². The van der Waals surface area contributed by atoms with Crippen LogP contribution >= 0.6 is 0 Å². The molecule has 21 heavy (non-hydrogen) atoms. The van der Waals surface area contributed by atoms with Gasteiger partial charge in [0.1, 0.15) is 0 Å². The second-order valence-electron chi connectivity index (χ2n) is 6.10. The third-order valence-corrected chi connectivity index (χ3v) is 4.39. The Labute approximate surface area is 125 Å². The second-order valence-corrected chi connectivity index (χ2v) is 6.10. The largest absolute Gasteiger partial charge is 0.310 e. The lowest BCUT2D eigenvalue weighted by molar-refractivity contribution is 0.717. The minimum atomic E-state index is 0.618. The molecule has 0 N–H and O–H groups in total. The SMILES string of the molecule is Cc1ccc2c(c1)c1c(n2-c2ccccc2)C=CC(C)C1. The van der Waals surface area contributed by atoms with E-state index in [4.69, 9.17) is 0 Å². The summed E-state index contributed by atoms with van der Waals surface area (Å²) >= 11 is 0. The van der Waals surface area contributed by atoms with Crippen molar-refractivity contribution in [1.29, 1.82) is 0 Å². The van der Waals surface area contributed by atoms with E-state index in [1.165, 1.54) is 33.4 Å². The van der Waals surface area contributed by atoms with Crippen molar-refractivity contribution in [1.82, 2.24) is 4.57 Å². The van der Waals surface area contributed by atoms with E-state index >= 15 is 0 Å². The number of hydrogen-bond donors (Lipinski definition) is 0. The molecule has 0 radical (unpaired) electrons. The van der Waals surface area contributed by atoms with Crippen LogP contribution in [0.3, 0.4) is 0 Å². The molecule has 3 aromatic rings. The molecule has 0 bridgehead atoms. The molecule has 1 aliphatic rings. The maximum Gasteiger partial charge on any atom is 0.0537 e. The van der Waals surface area contributed by atoms with Crippen molar-refractivity contribution >= 4 is 17.0 Å². The molecule has 2 aromatic carbocycles. The van der Waals surface area contributed by atoms with Crippen LogP contribution in [0.25, 0.3) is 22.7 Å². The van der Waals surface area contributed by atoms with Gasteiger partial charge in [-0.25, -0.2) is 0 Å². The fraction of sp³-hybridized carbons (Fsp3) is 0.200. The zero-order valence-corrected chi connectivity index (χ0v) is 12.5. The quantitative estimate of drug-likeness (QED) is 0.578. The average molecular weight is 273 g/mol. The highest BCUT2D eigenvalue weighted by Crippen LogP contribution is 2.35. The molecule has 1 nitrogen and oxygen atoms in total. The van der Waals surface area contributed by atoms with Crippen molar-refractivity contribution in [3.8, 4) is 5.69 Å². The van der Waals surface area contributed by atoms with E-state index in [0.29, 0.717) is 5.92 Å². The number of nitrogens with zero attached hydrogens (tertiary/aromatic N) is 1. The highest BCUT2D eigenvalue weighted by molar-refractivity contribution is 5.91. The number of rotatable bonds is 1. The van der Waals surface area contributed by atoms with Gasteiger partial charge in [-0.1, -0.05) is 42.8 Å². The van der Waals surface area contributed by atoms with Crippen LogP contribution in [0.15, 0.2) is 54.6 Å². The molecule has 0 amide bonds. The molecule has 1 aliphatic carbocycles. The van der Waals surface area contributed by atoms with Crippen LogP contribution in [0, 0.1) is 12.8 Å². The summed E-state index contributed by atoms with van der Waals surface area (Å²) in [5, 5.41) is 1.41. The fourth-order valence-electron chi connectivity index (χ4n) is 3.38. The normalized spacial score (nSPS) is 17.1. The highest BCUT2D eigenvalue weighted by Gasteiger charge is 2.20. The van der Waals surface area contributed by atoms with Gasteiger partial charge in [-0.2, -0.15) is 0 Å². The molecular weight excluding hydrogens is 254 g/mol. The number of para-hydroxylation sites is 1. The average Bonchev–Trinajstić information content (AvgIpc) is 2.81. The van der Waals surface area contributed by atoms with Crippen LogP contribution in [-0.2, 0) is 6.42 Å². The molecule has 0 fully saturated rings. The number of allylic oxidation sites excluding steroid dienone is 1. The zero-order chi connectivity index (χ0) is 14.4. The zero-order valence-electron chi connectivity index (χ0n) is 12.5. The number of hydrogen-bond acceptors (Lipinski definition) is 0. The minimum absolute atomic E-state index is 0.618. The van der Waals surface area contributed by atoms with E-state index in [2.05, 4.69) is 79.1 Å². The van der Waals surface area contributed by atoms with Crippen LogP contribution < -0.4 is 0 Å². The van der Waals surface area contributed by atoms with Gasteiger partial charge in [-0.15, -0.1) is 0 Å². The van der Waals surface area contributed by atoms with Crippen molar-refractivity contribution in [2.24, 2.45) is 5.92 Å². The Bertz CT molecular complexity index is 837. The molecule has 0 saturated carbocycles. The molecule has 1 heteroatoms. The van der Waals surface area contributed by atoms with Gasteiger partial charge >= 0.3 is 0 Å². The smallest absolute Gasteiger partial charge is 0.0537 e. The van der Waals surface area contributed by atoms with E-state index in [1.54, 1.807) is 0 Å². The van der Waals surface area contributed by atoms with Crippen LogP contribution in [-0.4, -0.2) is 4.57 Å². The van der Waals surface area contributed by atoms with Crippen molar-refractivity contribution in [3.63, 3.8) is 0 Å². The molecular formula is C20H19N. The summed E-state index contributed by atoms with van der Waals surface area (Å²) in [6.45, 7) is 4.47. The van der Waals surface area contributed by atoms with E-state index < -0.39 is 0 Å². The Balaban J connectivity index is 2.10. The second kappa shape index (κ2) is 4.63. The van der Waals surface area contributed by atoms with Crippen molar-refractivity contribution in [2.75, 3.05) is 0 Å². The lowest BCUT2D eigenvalue weighted by Gasteiger charge is -2.15. The first-order chi connectivity index (χ1) is 10.2. The fourth-order valence-corrected chi connectivity index (χ4v) is 3.38. The summed E-state index contributed by atoms with van der Waals surface area (Å²) in [6, 6.07) is 17.5. The van der Waals surface area contributed by atoms with Crippen LogP contribution in [0.2, 0.25) is 0 Å². The standard InChI is InChI=1S/C20H19N/c1-14-8-10-19-17(12-14)18-13-15(2)9-11-20(18)21(19)16-6-4-3-5-7-16/h3-12,15H,13H2,1-2H3. The van der Waals surface area contributed by atoms with E-state index in [1.807, 2.05) is 0 Å². The molecule has 1 aromatic heterocycles. The number of benzene rings is 2. The first-order valence-electron chi connectivity index (χ1n) is 7.61. The highest BCUT2D eigenvalue weighted by atomic mass is 15.0. The third kappa shape index (κ3) is 1.92. The molecule has 1 heterocycles. The maximum atomic E-state index is 2.40. The predicted molar refractivity (Wildman–Crippen MR) is 89.9 cm³/mol.